The lowest BCUT2D eigenvalue weighted by atomic mass is 10.2. The van der Waals surface area contributed by atoms with Gasteiger partial charge in [0.1, 0.15) is 16.6 Å². The Balaban J connectivity index is 2.54. The molecule has 1 heterocycles. The number of benzene rings is 1. The predicted octanol–water partition coefficient (Wildman–Crippen LogP) is 3.21. The number of carbonyl (C=O) groups excluding carboxylic acids is 1. The molecule has 0 saturated carbocycles. The molecule has 1 aromatic carbocycles. The van der Waals surface area contributed by atoms with Crippen molar-refractivity contribution in [2.24, 2.45) is 0 Å². The van der Waals surface area contributed by atoms with E-state index in [4.69, 9.17) is 0 Å². The molecule has 1 aromatic heterocycles. The molecule has 0 aliphatic rings. The van der Waals surface area contributed by atoms with Crippen LogP contribution in [0.25, 0.3) is 10.6 Å². The molecule has 0 aliphatic carbocycles. The molecule has 82 valence electrons. The molecule has 0 atom stereocenters. The van der Waals surface area contributed by atoms with Gasteiger partial charge in [0.15, 0.2) is 6.29 Å². The minimum atomic E-state index is -0.675. The fourth-order valence-corrected chi connectivity index (χ4v) is 2.20. The summed E-state index contributed by atoms with van der Waals surface area (Å²) in [6.45, 7) is 1.67. The van der Waals surface area contributed by atoms with Crippen molar-refractivity contribution in [1.29, 1.82) is 0 Å². The summed E-state index contributed by atoms with van der Waals surface area (Å²) >= 11 is 1.09. The maximum atomic E-state index is 13.4. The molecule has 0 radical (unpaired) electrons. The van der Waals surface area contributed by atoms with Crippen LogP contribution in [0.2, 0.25) is 0 Å². The zero-order valence-electron chi connectivity index (χ0n) is 8.33. The molecule has 2 rings (SSSR count). The summed E-state index contributed by atoms with van der Waals surface area (Å²) in [6.07, 6.45) is 0.679. The van der Waals surface area contributed by atoms with E-state index in [1.807, 2.05) is 0 Å². The van der Waals surface area contributed by atoms with Crippen molar-refractivity contribution >= 4 is 17.6 Å². The van der Waals surface area contributed by atoms with Gasteiger partial charge >= 0.3 is 0 Å². The first kappa shape index (κ1) is 10.9. The van der Waals surface area contributed by atoms with Gasteiger partial charge in [0.2, 0.25) is 0 Å². The van der Waals surface area contributed by atoms with Crippen molar-refractivity contribution in [3.05, 3.63) is 40.4 Å². The minimum Gasteiger partial charge on any atom is -0.297 e. The van der Waals surface area contributed by atoms with Crippen molar-refractivity contribution in [3.63, 3.8) is 0 Å². The first-order valence-electron chi connectivity index (χ1n) is 4.50. The molecule has 0 aliphatic heterocycles. The summed E-state index contributed by atoms with van der Waals surface area (Å²) in [6, 6.07) is 3.28. The van der Waals surface area contributed by atoms with Gasteiger partial charge < -0.3 is 0 Å². The maximum absolute atomic E-state index is 13.4. The number of hydrogen-bond donors (Lipinski definition) is 0. The lowest BCUT2D eigenvalue weighted by molar-refractivity contribution is 0.112. The van der Waals surface area contributed by atoms with Crippen LogP contribution >= 0.6 is 11.3 Å². The third-order valence-corrected chi connectivity index (χ3v) is 3.22. The molecule has 0 amide bonds. The number of rotatable bonds is 2. The Kier molecular flexibility index (Phi) is 2.78. The van der Waals surface area contributed by atoms with E-state index in [2.05, 4.69) is 4.98 Å². The van der Waals surface area contributed by atoms with Crippen LogP contribution in [0.1, 0.15) is 15.4 Å². The number of thiazole rings is 1. The number of aromatic nitrogens is 1. The number of aldehydes is 1. The average Bonchev–Trinajstić information content (AvgIpc) is 2.59. The van der Waals surface area contributed by atoms with Crippen LogP contribution in [0.4, 0.5) is 8.78 Å². The van der Waals surface area contributed by atoms with Crippen molar-refractivity contribution in [3.8, 4) is 10.6 Å². The summed E-state index contributed by atoms with van der Waals surface area (Å²) in [5.74, 6) is -1.31. The van der Waals surface area contributed by atoms with Gasteiger partial charge in [-0.05, 0) is 19.1 Å². The highest BCUT2D eigenvalue weighted by atomic mass is 32.1. The monoisotopic (exact) mass is 239 g/mol. The molecule has 0 saturated heterocycles. The van der Waals surface area contributed by atoms with Gasteiger partial charge in [-0.1, -0.05) is 0 Å². The van der Waals surface area contributed by atoms with E-state index in [1.165, 1.54) is 6.07 Å². The van der Waals surface area contributed by atoms with Crippen molar-refractivity contribution in [2.45, 2.75) is 6.92 Å². The molecule has 0 fully saturated rings. The van der Waals surface area contributed by atoms with Gasteiger partial charge in [0.05, 0.1) is 10.6 Å². The quantitative estimate of drug-likeness (QED) is 0.753. The van der Waals surface area contributed by atoms with Crippen molar-refractivity contribution in [1.82, 2.24) is 4.98 Å². The van der Waals surface area contributed by atoms with Crippen LogP contribution in [-0.2, 0) is 0 Å². The molecule has 0 spiro atoms. The van der Waals surface area contributed by atoms with Gasteiger partial charge in [-0.25, -0.2) is 13.8 Å². The first-order chi connectivity index (χ1) is 7.61. The zero-order valence-corrected chi connectivity index (χ0v) is 9.15. The number of carbonyl (C=O) groups is 1. The number of nitrogens with zero attached hydrogens (tertiary/aromatic N) is 1. The summed E-state index contributed by atoms with van der Waals surface area (Å²) in [7, 11) is 0. The lowest BCUT2D eigenvalue weighted by Gasteiger charge is -1.97. The van der Waals surface area contributed by atoms with E-state index in [0.29, 0.717) is 21.9 Å². The minimum absolute atomic E-state index is 0.211. The molecular weight excluding hydrogens is 232 g/mol. The second-order valence-corrected chi connectivity index (χ2v) is 4.24. The highest BCUT2D eigenvalue weighted by Gasteiger charge is 2.12. The molecule has 0 unspecified atom stereocenters. The fraction of sp³-hybridized carbons (Fsp3) is 0.0909. The summed E-state index contributed by atoms with van der Waals surface area (Å²) in [4.78, 5) is 15.2. The Hall–Kier alpha value is -1.62. The highest BCUT2D eigenvalue weighted by Crippen LogP contribution is 2.29. The van der Waals surface area contributed by atoms with E-state index >= 15 is 0 Å². The van der Waals surface area contributed by atoms with Crippen LogP contribution in [0.5, 0.6) is 0 Å². The van der Waals surface area contributed by atoms with E-state index < -0.39 is 11.6 Å². The summed E-state index contributed by atoms with van der Waals surface area (Å²) in [5, 5.41) is 0.386. The molecule has 5 heteroatoms. The lowest BCUT2D eigenvalue weighted by Crippen LogP contribution is -1.85. The number of aryl methyl sites for hydroxylation is 1. The summed E-state index contributed by atoms with van der Waals surface area (Å²) in [5.41, 5.74) is 0.765. The number of hydrogen-bond acceptors (Lipinski definition) is 3. The predicted molar refractivity (Wildman–Crippen MR) is 57.6 cm³/mol. The maximum Gasteiger partial charge on any atom is 0.161 e. The zero-order chi connectivity index (χ0) is 11.7. The van der Waals surface area contributed by atoms with Gasteiger partial charge in [0, 0.05) is 11.6 Å². The third kappa shape index (κ3) is 1.86. The first-order valence-corrected chi connectivity index (χ1v) is 5.31. The number of halogens is 2. The largest absolute Gasteiger partial charge is 0.297 e. The van der Waals surface area contributed by atoms with Crippen LogP contribution in [0.3, 0.4) is 0 Å². The molecule has 2 nitrogen and oxygen atoms in total. The van der Waals surface area contributed by atoms with Crippen molar-refractivity contribution < 1.29 is 13.6 Å². The molecule has 0 bridgehead atoms. The van der Waals surface area contributed by atoms with Crippen molar-refractivity contribution in [2.75, 3.05) is 0 Å². The second-order valence-electron chi connectivity index (χ2n) is 3.21. The normalized spacial score (nSPS) is 10.4. The van der Waals surface area contributed by atoms with Gasteiger partial charge in [0.25, 0.3) is 0 Å². The molecular formula is C11H7F2NOS. The smallest absolute Gasteiger partial charge is 0.161 e. The SMILES string of the molecule is Cc1nc(-c2ccc(F)cc2F)sc1C=O. The molecule has 16 heavy (non-hydrogen) atoms. The second kappa shape index (κ2) is 4.09. The topological polar surface area (TPSA) is 30.0 Å². The Bertz CT molecular complexity index is 551. The van der Waals surface area contributed by atoms with Gasteiger partial charge in [-0.2, -0.15) is 0 Å². The third-order valence-electron chi connectivity index (χ3n) is 2.10. The average molecular weight is 239 g/mol. The van der Waals surface area contributed by atoms with Gasteiger partial charge in [-0.3, -0.25) is 4.79 Å². The molecule has 0 N–H and O–H groups in total. The Morgan fingerprint density at radius 1 is 1.38 bits per heavy atom. The summed E-state index contributed by atoms with van der Waals surface area (Å²) < 4.78 is 26.1. The van der Waals surface area contributed by atoms with E-state index in [9.17, 15) is 13.6 Å². The molecule has 2 aromatic rings. The van der Waals surface area contributed by atoms with Gasteiger partial charge in [-0.15, -0.1) is 11.3 Å². The van der Waals surface area contributed by atoms with Crippen LogP contribution in [0.15, 0.2) is 18.2 Å². The standard InChI is InChI=1S/C11H7F2NOS/c1-6-10(5-15)16-11(14-6)8-3-2-7(12)4-9(8)13/h2-5H,1H3. The fourth-order valence-electron chi connectivity index (χ4n) is 1.30. The van der Waals surface area contributed by atoms with E-state index in [1.54, 1.807) is 6.92 Å². The Morgan fingerprint density at radius 2 is 2.12 bits per heavy atom. The Morgan fingerprint density at radius 3 is 2.69 bits per heavy atom. The Labute approximate surface area is 94.6 Å². The highest BCUT2D eigenvalue weighted by molar-refractivity contribution is 7.16. The van der Waals surface area contributed by atoms with Crippen LogP contribution in [0, 0.1) is 18.6 Å². The van der Waals surface area contributed by atoms with Crippen LogP contribution in [-0.4, -0.2) is 11.3 Å². The van der Waals surface area contributed by atoms with E-state index in [-0.39, 0.29) is 5.56 Å². The van der Waals surface area contributed by atoms with E-state index in [0.717, 1.165) is 23.5 Å². The van der Waals surface area contributed by atoms with Crippen LogP contribution < -0.4 is 0 Å².